The van der Waals surface area contributed by atoms with Gasteiger partial charge in [-0.05, 0) is 25.5 Å². The Morgan fingerprint density at radius 2 is 1.60 bits per heavy atom. The van der Waals surface area contributed by atoms with Crippen LogP contribution in [-0.4, -0.2) is 5.78 Å². The fraction of sp³-hybridized carbons (Fsp3) is 0.421. The number of aryl methyl sites for hydroxylation is 1. The SMILES string of the molecule is CC.CC.CC1=CC2C(=O)c3cc(C)ccc3C2C=C1. The summed E-state index contributed by atoms with van der Waals surface area (Å²) in [6.07, 6.45) is 6.38. The number of Topliss-reactive ketones (excluding diaryl/α,β-unsaturated/α-hetero) is 1. The molecule has 0 aromatic heterocycles. The summed E-state index contributed by atoms with van der Waals surface area (Å²) in [6, 6.07) is 6.21. The highest BCUT2D eigenvalue weighted by molar-refractivity contribution is 6.05. The predicted molar refractivity (Wildman–Crippen MR) is 87.3 cm³/mol. The molecular weight excluding hydrogens is 244 g/mol. The van der Waals surface area contributed by atoms with Crippen LogP contribution in [0.4, 0.5) is 0 Å². The molecule has 2 unspecified atom stereocenters. The predicted octanol–water partition coefficient (Wildman–Crippen LogP) is 5.46. The third-order valence-corrected chi connectivity index (χ3v) is 3.53. The molecule has 0 radical (unpaired) electrons. The molecule has 0 saturated carbocycles. The van der Waals surface area contributed by atoms with Gasteiger partial charge in [0.2, 0.25) is 0 Å². The number of hydrogen-bond donors (Lipinski definition) is 0. The van der Waals surface area contributed by atoms with Crippen molar-refractivity contribution in [3.63, 3.8) is 0 Å². The smallest absolute Gasteiger partial charge is 0.170 e. The van der Waals surface area contributed by atoms with Gasteiger partial charge < -0.3 is 0 Å². The van der Waals surface area contributed by atoms with Crippen LogP contribution in [0.15, 0.2) is 42.0 Å². The van der Waals surface area contributed by atoms with Crippen LogP contribution in [0.5, 0.6) is 0 Å². The molecule has 1 heteroatoms. The van der Waals surface area contributed by atoms with Crippen LogP contribution in [0.2, 0.25) is 0 Å². The molecule has 2 atom stereocenters. The molecule has 1 nitrogen and oxygen atoms in total. The first-order valence-corrected chi connectivity index (χ1v) is 7.68. The lowest BCUT2D eigenvalue weighted by Gasteiger charge is -2.16. The van der Waals surface area contributed by atoms with Gasteiger partial charge in [-0.15, -0.1) is 0 Å². The van der Waals surface area contributed by atoms with E-state index in [1.165, 1.54) is 11.1 Å². The zero-order valence-corrected chi connectivity index (χ0v) is 13.5. The number of carbonyl (C=O) groups excluding carboxylic acids is 1. The van der Waals surface area contributed by atoms with E-state index in [4.69, 9.17) is 0 Å². The standard InChI is InChI=1S/C15H14O.2C2H6/c1-9-3-5-11-12-6-4-10(2)8-14(12)15(16)13(11)7-9;2*1-2/h3-8,11,13H,1-2H3;2*1-2H3. The van der Waals surface area contributed by atoms with Crippen molar-refractivity contribution in [2.45, 2.75) is 47.5 Å². The lowest BCUT2D eigenvalue weighted by atomic mass is 9.86. The van der Waals surface area contributed by atoms with Crippen molar-refractivity contribution in [3.8, 4) is 0 Å². The molecule has 0 heterocycles. The Morgan fingerprint density at radius 3 is 2.25 bits per heavy atom. The zero-order valence-electron chi connectivity index (χ0n) is 13.5. The first-order chi connectivity index (χ1) is 9.66. The molecular formula is C19H26O. The summed E-state index contributed by atoms with van der Waals surface area (Å²) in [5, 5.41) is 0. The zero-order chi connectivity index (χ0) is 15.3. The van der Waals surface area contributed by atoms with Crippen molar-refractivity contribution in [3.05, 3.63) is 58.7 Å². The number of carbonyl (C=O) groups is 1. The van der Waals surface area contributed by atoms with Gasteiger partial charge in [0.1, 0.15) is 0 Å². The van der Waals surface area contributed by atoms with E-state index in [2.05, 4.69) is 30.4 Å². The summed E-state index contributed by atoms with van der Waals surface area (Å²) in [4.78, 5) is 12.3. The van der Waals surface area contributed by atoms with Crippen LogP contribution in [0, 0.1) is 12.8 Å². The van der Waals surface area contributed by atoms with Crippen LogP contribution in [0.1, 0.15) is 62.0 Å². The Kier molecular flexibility index (Phi) is 5.94. The number of fused-ring (bicyclic) bond motifs is 3. The van der Waals surface area contributed by atoms with Gasteiger partial charge in [-0.2, -0.15) is 0 Å². The number of ketones is 1. The molecule has 0 saturated heterocycles. The normalized spacial score (nSPS) is 21.7. The fourth-order valence-corrected chi connectivity index (χ4v) is 2.71. The maximum atomic E-state index is 12.3. The molecule has 0 bridgehead atoms. The van der Waals surface area contributed by atoms with Crippen LogP contribution < -0.4 is 0 Å². The number of hydrogen-bond acceptors (Lipinski definition) is 1. The van der Waals surface area contributed by atoms with E-state index >= 15 is 0 Å². The van der Waals surface area contributed by atoms with E-state index in [-0.39, 0.29) is 17.6 Å². The van der Waals surface area contributed by atoms with Crippen LogP contribution in [0.25, 0.3) is 0 Å². The maximum absolute atomic E-state index is 12.3. The average molecular weight is 270 g/mol. The lowest BCUT2D eigenvalue weighted by Crippen LogP contribution is -2.12. The quantitative estimate of drug-likeness (QED) is 0.612. The second kappa shape index (κ2) is 7.23. The van der Waals surface area contributed by atoms with Crippen molar-refractivity contribution in [2.24, 2.45) is 5.92 Å². The minimum Gasteiger partial charge on any atom is -0.293 e. The molecule has 0 N–H and O–H groups in total. The highest BCUT2D eigenvalue weighted by Crippen LogP contribution is 2.42. The lowest BCUT2D eigenvalue weighted by molar-refractivity contribution is 0.0954. The van der Waals surface area contributed by atoms with Gasteiger partial charge in [0.25, 0.3) is 0 Å². The van der Waals surface area contributed by atoms with E-state index in [0.717, 1.165) is 11.1 Å². The molecule has 0 amide bonds. The third-order valence-electron chi connectivity index (χ3n) is 3.53. The summed E-state index contributed by atoms with van der Waals surface area (Å²) < 4.78 is 0. The van der Waals surface area contributed by atoms with Gasteiger partial charge in [-0.25, -0.2) is 0 Å². The molecule has 2 aliphatic rings. The Bertz CT molecular complexity index is 535. The molecule has 1 aromatic rings. The first-order valence-electron chi connectivity index (χ1n) is 7.68. The topological polar surface area (TPSA) is 17.1 Å². The molecule has 1 aromatic carbocycles. The largest absolute Gasteiger partial charge is 0.293 e. The van der Waals surface area contributed by atoms with Gasteiger partial charge in [0.15, 0.2) is 5.78 Å². The van der Waals surface area contributed by atoms with Crippen molar-refractivity contribution in [1.82, 2.24) is 0 Å². The van der Waals surface area contributed by atoms with E-state index in [0.29, 0.717) is 0 Å². The monoisotopic (exact) mass is 270 g/mol. The van der Waals surface area contributed by atoms with Crippen molar-refractivity contribution in [2.75, 3.05) is 0 Å². The van der Waals surface area contributed by atoms with E-state index in [9.17, 15) is 4.79 Å². The number of allylic oxidation sites excluding steroid dienone is 4. The molecule has 0 fully saturated rings. The first kappa shape index (κ1) is 16.4. The fourth-order valence-electron chi connectivity index (χ4n) is 2.71. The summed E-state index contributed by atoms with van der Waals surface area (Å²) >= 11 is 0. The number of rotatable bonds is 0. The van der Waals surface area contributed by atoms with Gasteiger partial charge in [0, 0.05) is 11.5 Å². The minimum absolute atomic E-state index is 0.0433. The summed E-state index contributed by atoms with van der Waals surface area (Å²) in [7, 11) is 0. The van der Waals surface area contributed by atoms with Crippen LogP contribution in [-0.2, 0) is 0 Å². The van der Waals surface area contributed by atoms with E-state index in [1.54, 1.807) is 0 Å². The highest BCUT2D eigenvalue weighted by atomic mass is 16.1. The Hall–Kier alpha value is -1.63. The van der Waals surface area contributed by atoms with Crippen molar-refractivity contribution < 1.29 is 4.79 Å². The van der Waals surface area contributed by atoms with E-state index < -0.39 is 0 Å². The van der Waals surface area contributed by atoms with Gasteiger partial charge in [-0.3, -0.25) is 4.79 Å². The highest BCUT2D eigenvalue weighted by Gasteiger charge is 2.37. The third kappa shape index (κ3) is 2.92. The molecule has 2 aliphatic carbocycles. The average Bonchev–Trinajstić information content (AvgIpc) is 2.76. The van der Waals surface area contributed by atoms with Crippen LogP contribution in [0.3, 0.4) is 0 Å². The van der Waals surface area contributed by atoms with Gasteiger partial charge in [0.05, 0.1) is 5.92 Å². The summed E-state index contributed by atoms with van der Waals surface area (Å²) in [5.74, 6) is 0.598. The molecule has 20 heavy (non-hydrogen) atoms. The second-order valence-electron chi connectivity index (χ2n) is 4.78. The molecule has 3 rings (SSSR count). The molecule has 0 aliphatic heterocycles. The minimum atomic E-state index is 0.0433. The van der Waals surface area contributed by atoms with E-state index in [1.807, 2.05) is 47.6 Å². The maximum Gasteiger partial charge on any atom is 0.170 e. The molecule has 0 spiro atoms. The second-order valence-corrected chi connectivity index (χ2v) is 4.78. The number of benzene rings is 1. The molecule has 108 valence electrons. The van der Waals surface area contributed by atoms with Crippen molar-refractivity contribution >= 4 is 5.78 Å². The summed E-state index contributed by atoms with van der Waals surface area (Å²) in [6.45, 7) is 12.1. The summed E-state index contributed by atoms with van der Waals surface area (Å²) in [5.41, 5.74) is 4.47. The van der Waals surface area contributed by atoms with Crippen molar-refractivity contribution in [1.29, 1.82) is 0 Å². The Balaban J connectivity index is 0.000000461. The van der Waals surface area contributed by atoms with Gasteiger partial charge in [-0.1, -0.05) is 69.2 Å². The van der Waals surface area contributed by atoms with Crippen LogP contribution >= 0.6 is 0 Å². The Labute approximate surface area is 123 Å². The van der Waals surface area contributed by atoms with Gasteiger partial charge >= 0.3 is 0 Å². The Morgan fingerprint density at radius 1 is 0.950 bits per heavy atom.